The maximum atomic E-state index is 13.5. The number of carbonyl (C=O) groups excluding carboxylic acids is 1. The summed E-state index contributed by atoms with van der Waals surface area (Å²) in [5.41, 5.74) is 1.24. The molecule has 0 spiro atoms. The molecule has 0 fully saturated rings. The van der Waals surface area contributed by atoms with Gasteiger partial charge in [-0.05, 0) is 43.1 Å². The highest BCUT2D eigenvalue weighted by molar-refractivity contribution is 7.99. The van der Waals surface area contributed by atoms with Crippen molar-refractivity contribution in [1.82, 2.24) is 14.5 Å². The van der Waals surface area contributed by atoms with Gasteiger partial charge in [0, 0.05) is 25.0 Å². The van der Waals surface area contributed by atoms with Gasteiger partial charge in [-0.15, -0.1) is 11.3 Å². The number of fused-ring (bicyclic) bond motifs is 3. The zero-order valence-corrected chi connectivity index (χ0v) is 19.9. The van der Waals surface area contributed by atoms with E-state index in [4.69, 9.17) is 10.2 Å². The molecule has 30 heavy (non-hydrogen) atoms. The Labute approximate surface area is 186 Å². The van der Waals surface area contributed by atoms with Crippen LogP contribution in [0.4, 0.5) is 0 Å². The number of aryl methyl sites for hydroxylation is 1. The van der Waals surface area contributed by atoms with Gasteiger partial charge in [-0.1, -0.05) is 32.5 Å². The summed E-state index contributed by atoms with van der Waals surface area (Å²) in [5, 5.41) is 10.1. The third-order valence-electron chi connectivity index (χ3n) is 5.62. The Morgan fingerprint density at radius 2 is 2.23 bits per heavy atom. The molecule has 162 valence electrons. The molecular formula is C22H30N4O2S2. The van der Waals surface area contributed by atoms with Gasteiger partial charge in [0.1, 0.15) is 4.83 Å². The molecule has 8 heteroatoms. The van der Waals surface area contributed by atoms with Crippen molar-refractivity contribution in [3.63, 3.8) is 0 Å². The summed E-state index contributed by atoms with van der Waals surface area (Å²) in [6, 6.07) is 2.06. The van der Waals surface area contributed by atoms with E-state index in [9.17, 15) is 9.59 Å². The summed E-state index contributed by atoms with van der Waals surface area (Å²) >= 11 is 2.98. The first kappa shape index (κ1) is 22.8. The van der Waals surface area contributed by atoms with E-state index in [1.165, 1.54) is 22.2 Å². The van der Waals surface area contributed by atoms with Crippen LogP contribution in [0.2, 0.25) is 0 Å². The van der Waals surface area contributed by atoms with Crippen LogP contribution in [0.25, 0.3) is 10.2 Å². The van der Waals surface area contributed by atoms with Gasteiger partial charge in [0.2, 0.25) is 5.91 Å². The van der Waals surface area contributed by atoms with Gasteiger partial charge in [-0.25, -0.2) is 4.98 Å². The van der Waals surface area contributed by atoms with E-state index in [1.807, 2.05) is 0 Å². The number of hydrogen-bond acceptors (Lipinski definition) is 6. The summed E-state index contributed by atoms with van der Waals surface area (Å²) in [4.78, 5) is 34.4. The molecular weight excluding hydrogens is 416 g/mol. The molecule has 2 heterocycles. The molecule has 0 aromatic carbocycles. The van der Waals surface area contributed by atoms with Crippen LogP contribution >= 0.6 is 23.1 Å². The lowest BCUT2D eigenvalue weighted by atomic mass is 9.89. The highest BCUT2D eigenvalue weighted by atomic mass is 32.2. The van der Waals surface area contributed by atoms with E-state index in [2.05, 4.69) is 26.8 Å². The minimum Gasteiger partial charge on any atom is -0.344 e. The molecule has 1 amide bonds. The second-order valence-electron chi connectivity index (χ2n) is 8.58. The lowest BCUT2D eigenvalue weighted by molar-refractivity contribution is -0.127. The fourth-order valence-corrected chi connectivity index (χ4v) is 6.07. The van der Waals surface area contributed by atoms with Gasteiger partial charge in [-0.2, -0.15) is 5.26 Å². The molecule has 6 nitrogen and oxygen atoms in total. The van der Waals surface area contributed by atoms with Crippen molar-refractivity contribution in [2.75, 3.05) is 19.3 Å². The second kappa shape index (κ2) is 9.97. The molecule has 0 aliphatic heterocycles. The maximum Gasteiger partial charge on any atom is 0.263 e. The van der Waals surface area contributed by atoms with E-state index >= 15 is 0 Å². The van der Waals surface area contributed by atoms with Gasteiger partial charge in [0.15, 0.2) is 5.16 Å². The fraction of sp³-hybridized carbons (Fsp3) is 0.636. The molecule has 2 aromatic heterocycles. The number of nitrogens with zero attached hydrogens (tertiary/aromatic N) is 4. The van der Waals surface area contributed by atoms with Crippen molar-refractivity contribution >= 4 is 39.2 Å². The average molecular weight is 447 g/mol. The lowest BCUT2D eigenvalue weighted by Gasteiger charge is -2.18. The Morgan fingerprint density at radius 3 is 2.93 bits per heavy atom. The Bertz CT molecular complexity index is 1020. The van der Waals surface area contributed by atoms with Crippen LogP contribution in [-0.2, 0) is 24.2 Å². The van der Waals surface area contributed by atoms with E-state index < -0.39 is 0 Å². The standard InChI is InChI=1S/C22H30N4O2S2/c1-14(2)8-11-26-21(28)19-16-7-6-15(3)12-17(16)30-20(19)24-22(26)29-13-18(27)25(4)10-5-9-23/h14-15H,5-8,10-13H2,1-4H3. The maximum absolute atomic E-state index is 13.5. The minimum atomic E-state index is -0.0562. The summed E-state index contributed by atoms with van der Waals surface area (Å²) in [7, 11) is 1.71. The predicted octanol–water partition coefficient (Wildman–Crippen LogP) is 4.09. The highest BCUT2D eigenvalue weighted by Crippen LogP contribution is 2.36. The summed E-state index contributed by atoms with van der Waals surface area (Å²) < 4.78 is 1.78. The molecule has 0 radical (unpaired) electrons. The van der Waals surface area contributed by atoms with Crippen molar-refractivity contribution in [2.24, 2.45) is 11.8 Å². The third kappa shape index (κ3) is 5.06. The van der Waals surface area contributed by atoms with Crippen molar-refractivity contribution < 1.29 is 4.79 Å². The molecule has 3 rings (SSSR count). The van der Waals surface area contributed by atoms with E-state index in [0.717, 1.165) is 35.9 Å². The number of amides is 1. The summed E-state index contributed by atoms with van der Waals surface area (Å²) in [5.74, 6) is 1.27. The van der Waals surface area contributed by atoms with Crippen LogP contribution in [0.3, 0.4) is 0 Å². The summed E-state index contributed by atoms with van der Waals surface area (Å²) in [6.45, 7) is 7.58. The van der Waals surface area contributed by atoms with Crippen molar-refractivity contribution in [3.8, 4) is 6.07 Å². The Hall–Kier alpha value is -1.85. The average Bonchev–Trinajstić information content (AvgIpc) is 3.06. The molecule has 0 bridgehead atoms. The van der Waals surface area contributed by atoms with Gasteiger partial charge < -0.3 is 4.90 Å². The van der Waals surface area contributed by atoms with Gasteiger partial charge >= 0.3 is 0 Å². The number of rotatable bonds is 8. The molecule has 0 N–H and O–H groups in total. The van der Waals surface area contributed by atoms with Gasteiger partial charge in [0.05, 0.1) is 23.6 Å². The van der Waals surface area contributed by atoms with Crippen LogP contribution < -0.4 is 5.56 Å². The largest absolute Gasteiger partial charge is 0.344 e. The van der Waals surface area contributed by atoms with Crippen LogP contribution in [0, 0.1) is 23.2 Å². The van der Waals surface area contributed by atoms with Gasteiger partial charge in [0.25, 0.3) is 5.56 Å². The quantitative estimate of drug-likeness (QED) is 0.451. The van der Waals surface area contributed by atoms with Crippen molar-refractivity contribution in [3.05, 3.63) is 20.8 Å². The van der Waals surface area contributed by atoms with E-state index in [1.54, 1.807) is 27.9 Å². The first-order valence-corrected chi connectivity index (χ1v) is 12.4. The van der Waals surface area contributed by atoms with E-state index in [-0.39, 0.29) is 17.2 Å². The highest BCUT2D eigenvalue weighted by Gasteiger charge is 2.25. The number of hydrogen-bond donors (Lipinski definition) is 0. The van der Waals surface area contributed by atoms with Crippen molar-refractivity contribution in [1.29, 1.82) is 5.26 Å². The van der Waals surface area contributed by atoms with Crippen molar-refractivity contribution in [2.45, 2.75) is 64.6 Å². The Morgan fingerprint density at radius 1 is 1.47 bits per heavy atom. The predicted molar refractivity (Wildman–Crippen MR) is 123 cm³/mol. The first-order valence-electron chi connectivity index (χ1n) is 10.6. The number of nitriles is 1. The number of thioether (sulfide) groups is 1. The zero-order chi connectivity index (χ0) is 21.8. The van der Waals surface area contributed by atoms with Crippen LogP contribution in [0.5, 0.6) is 0 Å². The van der Waals surface area contributed by atoms with Crippen LogP contribution in [0.1, 0.15) is 50.5 Å². The third-order valence-corrected chi connectivity index (χ3v) is 7.73. The molecule has 2 aromatic rings. The summed E-state index contributed by atoms with van der Waals surface area (Å²) in [6.07, 6.45) is 4.29. The van der Waals surface area contributed by atoms with Crippen LogP contribution in [0.15, 0.2) is 9.95 Å². The molecule has 1 atom stereocenters. The molecule has 1 aliphatic rings. The smallest absolute Gasteiger partial charge is 0.263 e. The molecule has 0 saturated carbocycles. The normalized spacial score (nSPS) is 15.9. The lowest BCUT2D eigenvalue weighted by Crippen LogP contribution is -2.30. The first-order chi connectivity index (χ1) is 14.3. The molecule has 1 aliphatic carbocycles. The topological polar surface area (TPSA) is 79.0 Å². The zero-order valence-electron chi connectivity index (χ0n) is 18.2. The second-order valence-corrected chi connectivity index (χ2v) is 10.6. The SMILES string of the molecule is CC(C)CCn1c(SCC(=O)N(C)CCC#N)nc2sc3c(c2c1=O)CCC(C)C3. The van der Waals surface area contributed by atoms with Gasteiger partial charge in [-0.3, -0.25) is 14.2 Å². The Balaban J connectivity index is 1.93. The fourth-order valence-electron chi connectivity index (χ4n) is 3.68. The minimum absolute atomic E-state index is 0.0421. The number of aromatic nitrogens is 2. The number of carbonyl (C=O) groups is 1. The molecule has 1 unspecified atom stereocenters. The van der Waals surface area contributed by atoms with E-state index in [0.29, 0.717) is 36.5 Å². The van der Waals surface area contributed by atoms with Crippen LogP contribution in [-0.4, -0.2) is 39.7 Å². The number of thiophene rings is 1. The Kier molecular flexibility index (Phi) is 7.59. The molecule has 0 saturated heterocycles. The monoisotopic (exact) mass is 446 g/mol.